The lowest BCUT2D eigenvalue weighted by Crippen LogP contribution is -2.22. The molecule has 1 heterocycles. The standard InChI is InChI=1S/C10H14F3N3O/c1-6(2)17-9-7(14)3-4-8(16-9)15-5-10(11,12)13/h3-4,6H,5,14H2,1-2H3,(H,15,16). The Balaban J connectivity index is 2.74. The van der Waals surface area contributed by atoms with Crippen molar-refractivity contribution in [2.24, 2.45) is 0 Å². The maximum atomic E-state index is 12.0. The zero-order chi connectivity index (χ0) is 13.1. The van der Waals surface area contributed by atoms with Crippen molar-refractivity contribution in [2.45, 2.75) is 26.1 Å². The Morgan fingerprint density at radius 2 is 2.06 bits per heavy atom. The summed E-state index contributed by atoms with van der Waals surface area (Å²) < 4.78 is 41.2. The number of rotatable bonds is 4. The van der Waals surface area contributed by atoms with Crippen LogP contribution in [0.3, 0.4) is 0 Å². The molecule has 0 saturated heterocycles. The van der Waals surface area contributed by atoms with E-state index in [1.807, 2.05) is 0 Å². The molecule has 0 aliphatic carbocycles. The molecule has 0 fully saturated rings. The van der Waals surface area contributed by atoms with Crippen LogP contribution < -0.4 is 15.8 Å². The zero-order valence-corrected chi connectivity index (χ0v) is 9.51. The maximum absolute atomic E-state index is 12.0. The van der Waals surface area contributed by atoms with Crippen LogP contribution in [-0.4, -0.2) is 23.8 Å². The lowest BCUT2D eigenvalue weighted by atomic mass is 10.4. The highest BCUT2D eigenvalue weighted by molar-refractivity contribution is 5.53. The highest BCUT2D eigenvalue weighted by Gasteiger charge is 2.26. The normalized spacial score (nSPS) is 11.6. The van der Waals surface area contributed by atoms with Gasteiger partial charge in [0.05, 0.1) is 11.8 Å². The van der Waals surface area contributed by atoms with Crippen LogP contribution in [0.4, 0.5) is 24.7 Å². The topological polar surface area (TPSA) is 60.2 Å². The molecule has 0 unspecified atom stereocenters. The number of alkyl halides is 3. The fourth-order valence-electron chi connectivity index (χ4n) is 1.06. The molecule has 7 heteroatoms. The Hall–Kier alpha value is -1.66. The van der Waals surface area contributed by atoms with Crippen molar-refractivity contribution in [3.8, 4) is 5.88 Å². The molecule has 1 rings (SSSR count). The Morgan fingerprint density at radius 1 is 1.41 bits per heavy atom. The molecule has 0 radical (unpaired) electrons. The van der Waals surface area contributed by atoms with Crippen LogP contribution in [0, 0.1) is 0 Å². The molecular formula is C10H14F3N3O. The van der Waals surface area contributed by atoms with Gasteiger partial charge in [0.2, 0.25) is 5.88 Å². The SMILES string of the molecule is CC(C)Oc1nc(NCC(F)(F)F)ccc1N. The largest absolute Gasteiger partial charge is 0.473 e. The van der Waals surface area contributed by atoms with Crippen molar-refractivity contribution in [3.63, 3.8) is 0 Å². The van der Waals surface area contributed by atoms with Gasteiger partial charge in [-0.2, -0.15) is 18.2 Å². The second-order valence-corrected chi connectivity index (χ2v) is 3.73. The van der Waals surface area contributed by atoms with Crippen LogP contribution in [-0.2, 0) is 0 Å². The number of anilines is 2. The first-order valence-electron chi connectivity index (χ1n) is 5.02. The van der Waals surface area contributed by atoms with E-state index in [9.17, 15) is 13.2 Å². The number of halogens is 3. The van der Waals surface area contributed by atoms with Gasteiger partial charge in [-0.25, -0.2) is 0 Å². The zero-order valence-electron chi connectivity index (χ0n) is 9.51. The highest BCUT2D eigenvalue weighted by atomic mass is 19.4. The fraction of sp³-hybridized carbons (Fsp3) is 0.500. The van der Waals surface area contributed by atoms with Gasteiger partial charge < -0.3 is 15.8 Å². The molecule has 0 bridgehead atoms. The van der Waals surface area contributed by atoms with Gasteiger partial charge in [0, 0.05) is 0 Å². The van der Waals surface area contributed by atoms with Crippen LogP contribution in [0.15, 0.2) is 12.1 Å². The van der Waals surface area contributed by atoms with Gasteiger partial charge in [-0.1, -0.05) is 0 Å². The number of pyridine rings is 1. The molecule has 96 valence electrons. The average Bonchev–Trinajstić information content (AvgIpc) is 2.17. The first-order valence-corrected chi connectivity index (χ1v) is 5.02. The number of nitrogen functional groups attached to an aromatic ring is 1. The molecule has 0 spiro atoms. The summed E-state index contributed by atoms with van der Waals surface area (Å²) in [5.41, 5.74) is 5.87. The third-order valence-corrected chi connectivity index (χ3v) is 1.71. The van der Waals surface area contributed by atoms with Crippen LogP contribution >= 0.6 is 0 Å². The number of nitrogens with zero attached hydrogens (tertiary/aromatic N) is 1. The van der Waals surface area contributed by atoms with Crippen LogP contribution in [0.5, 0.6) is 5.88 Å². The first-order chi connectivity index (χ1) is 7.78. The third kappa shape index (κ3) is 4.80. The number of nitrogens with one attached hydrogen (secondary N) is 1. The molecule has 4 nitrogen and oxygen atoms in total. The summed E-state index contributed by atoms with van der Waals surface area (Å²) in [5, 5.41) is 2.15. The molecular weight excluding hydrogens is 235 g/mol. The highest BCUT2D eigenvalue weighted by Crippen LogP contribution is 2.23. The van der Waals surface area contributed by atoms with E-state index in [-0.39, 0.29) is 23.5 Å². The Bertz CT molecular complexity index is 380. The Kier molecular flexibility index (Phi) is 4.03. The monoisotopic (exact) mass is 249 g/mol. The Morgan fingerprint density at radius 3 is 2.59 bits per heavy atom. The van der Waals surface area contributed by atoms with Crippen molar-refractivity contribution >= 4 is 11.5 Å². The molecule has 1 aromatic heterocycles. The second kappa shape index (κ2) is 5.11. The molecule has 3 N–H and O–H groups in total. The lowest BCUT2D eigenvalue weighted by molar-refractivity contribution is -0.115. The summed E-state index contributed by atoms with van der Waals surface area (Å²) in [7, 11) is 0. The summed E-state index contributed by atoms with van der Waals surface area (Å²) in [6, 6.07) is 2.82. The molecule has 0 aliphatic rings. The van der Waals surface area contributed by atoms with E-state index in [1.54, 1.807) is 13.8 Å². The Labute approximate surface area is 97.0 Å². The van der Waals surface area contributed by atoms with Crippen LogP contribution in [0.1, 0.15) is 13.8 Å². The molecule has 0 amide bonds. The van der Waals surface area contributed by atoms with Gasteiger partial charge in [0.15, 0.2) is 0 Å². The number of hydrogen-bond acceptors (Lipinski definition) is 4. The molecule has 1 aromatic rings. The van der Waals surface area contributed by atoms with Gasteiger partial charge in [-0.3, -0.25) is 0 Å². The molecule has 0 saturated carbocycles. The van der Waals surface area contributed by atoms with Crippen molar-refractivity contribution in [1.29, 1.82) is 0 Å². The molecule has 0 atom stereocenters. The predicted molar refractivity (Wildman–Crippen MR) is 59.0 cm³/mol. The summed E-state index contributed by atoms with van der Waals surface area (Å²) in [4.78, 5) is 3.86. The lowest BCUT2D eigenvalue weighted by Gasteiger charge is -2.13. The number of hydrogen-bond donors (Lipinski definition) is 2. The minimum absolute atomic E-state index is 0.0761. The molecule has 0 aliphatic heterocycles. The summed E-state index contributed by atoms with van der Waals surface area (Å²) in [6.45, 7) is 2.40. The van der Waals surface area contributed by atoms with Gasteiger partial charge in [0.1, 0.15) is 12.4 Å². The van der Waals surface area contributed by atoms with Crippen molar-refractivity contribution in [2.75, 3.05) is 17.6 Å². The first kappa shape index (κ1) is 13.4. The third-order valence-electron chi connectivity index (χ3n) is 1.71. The van der Waals surface area contributed by atoms with E-state index in [0.29, 0.717) is 0 Å². The van der Waals surface area contributed by atoms with Gasteiger partial charge >= 0.3 is 6.18 Å². The van der Waals surface area contributed by atoms with E-state index in [2.05, 4.69) is 10.3 Å². The molecule has 0 aromatic carbocycles. The number of nitrogens with two attached hydrogens (primary N) is 1. The van der Waals surface area contributed by atoms with Gasteiger partial charge in [-0.15, -0.1) is 0 Å². The van der Waals surface area contributed by atoms with Crippen LogP contribution in [0.25, 0.3) is 0 Å². The van der Waals surface area contributed by atoms with E-state index < -0.39 is 12.7 Å². The van der Waals surface area contributed by atoms with Gasteiger partial charge in [0.25, 0.3) is 0 Å². The minimum Gasteiger partial charge on any atom is -0.473 e. The summed E-state index contributed by atoms with van der Waals surface area (Å²) >= 11 is 0. The number of ether oxygens (including phenoxy) is 1. The number of aromatic nitrogens is 1. The van der Waals surface area contributed by atoms with Gasteiger partial charge in [-0.05, 0) is 26.0 Å². The predicted octanol–water partition coefficient (Wildman–Crippen LogP) is 2.43. The van der Waals surface area contributed by atoms with Crippen molar-refractivity contribution in [3.05, 3.63) is 12.1 Å². The minimum atomic E-state index is -4.29. The van der Waals surface area contributed by atoms with E-state index >= 15 is 0 Å². The van der Waals surface area contributed by atoms with E-state index in [1.165, 1.54) is 12.1 Å². The molecule has 17 heavy (non-hydrogen) atoms. The summed E-state index contributed by atoms with van der Waals surface area (Å²) in [5.74, 6) is 0.208. The second-order valence-electron chi connectivity index (χ2n) is 3.73. The maximum Gasteiger partial charge on any atom is 0.405 e. The van der Waals surface area contributed by atoms with Crippen molar-refractivity contribution in [1.82, 2.24) is 4.98 Å². The smallest absolute Gasteiger partial charge is 0.405 e. The van der Waals surface area contributed by atoms with E-state index in [4.69, 9.17) is 10.5 Å². The average molecular weight is 249 g/mol. The quantitative estimate of drug-likeness (QED) is 0.860. The summed E-state index contributed by atoms with van der Waals surface area (Å²) in [6.07, 6.45) is -4.44. The fourth-order valence-corrected chi connectivity index (χ4v) is 1.06. The van der Waals surface area contributed by atoms with Crippen LogP contribution in [0.2, 0.25) is 0 Å². The van der Waals surface area contributed by atoms with Crippen molar-refractivity contribution < 1.29 is 17.9 Å². The van der Waals surface area contributed by atoms with E-state index in [0.717, 1.165) is 0 Å².